The number of carbonyl (C=O) groups is 7. The zero-order valence-corrected chi connectivity index (χ0v) is 46.5. The summed E-state index contributed by atoms with van der Waals surface area (Å²) < 4.78 is 17.2. The number of aromatic nitrogens is 2. The van der Waals surface area contributed by atoms with E-state index in [0.717, 1.165) is 38.6 Å². The Labute approximate surface area is 443 Å². The first-order valence-electron chi connectivity index (χ1n) is 25.1. The molecule has 22 nitrogen and oxygen atoms in total. The highest BCUT2D eigenvalue weighted by atomic mass is 32.1. The second kappa shape index (κ2) is 37.5. The Hall–Kier alpha value is -5.19. The minimum atomic E-state index is -4.56. The highest BCUT2D eigenvalue weighted by Gasteiger charge is 2.34. The molecule has 0 fully saturated rings. The van der Waals surface area contributed by atoms with Gasteiger partial charge in [-0.1, -0.05) is 77.8 Å². The van der Waals surface area contributed by atoms with Crippen LogP contribution in [0.1, 0.15) is 118 Å². The number of hydrogen-bond acceptors (Lipinski definition) is 13. The van der Waals surface area contributed by atoms with E-state index in [1.165, 1.54) is 36.8 Å². The summed E-state index contributed by atoms with van der Waals surface area (Å²) in [6, 6.07) is 4.97. The van der Waals surface area contributed by atoms with Gasteiger partial charge in [0.2, 0.25) is 41.4 Å². The molecule has 0 saturated heterocycles. The topological polar surface area (TPSA) is 348 Å². The summed E-state index contributed by atoms with van der Waals surface area (Å²) in [6.07, 6.45) is 8.03. The molecule has 12 N–H and O–H groups in total. The van der Waals surface area contributed by atoms with Gasteiger partial charge in [-0.3, -0.25) is 38.1 Å². The van der Waals surface area contributed by atoms with Gasteiger partial charge in [0.15, 0.2) is 0 Å². The van der Waals surface area contributed by atoms with Crippen LogP contribution in [0.15, 0.2) is 42.9 Å². The average molecular weight is 1080 g/mol. The number of H-pyrrole nitrogens is 1. The Morgan fingerprint density at radius 2 is 1.50 bits per heavy atom. The van der Waals surface area contributed by atoms with Crippen molar-refractivity contribution in [1.29, 1.82) is 5.41 Å². The van der Waals surface area contributed by atoms with E-state index in [2.05, 4.69) is 81.9 Å². The van der Waals surface area contributed by atoms with Crippen LogP contribution in [-0.4, -0.2) is 152 Å². The van der Waals surface area contributed by atoms with Gasteiger partial charge in [0.1, 0.15) is 24.2 Å². The van der Waals surface area contributed by atoms with Crippen molar-refractivity contribution in [3.63, 3.8) is 0 Å². The Morgan fingerprint density at radius 1 is 0.865 bits per heavy atom. The molecule has 0 aliphatic carbocycles. The van der Waals surface area contributed by atoms with Crippen LogP contribution in [-0.2, 0) is 55.7 Å². The molecule has 7 amide bonds. The quantitative estimate of drug-likeness (QED) is 0.0208. The number of aliphatic hydroxyl groups excluding tert-OH is 1. The van der Waals surface area contributed by atoms with Gasteiger partial charge in [-0.2, -0.15) is 12.6 Å². The summed E-state index contributed by atoms with van der Waals surface area (Å²) in [5.74, 6) is -4.05. The second-order valence-corrected chi connectivity index (χ2v) is 21.7. The third-order valence-electron chi connectivity index (χ3n) is 11.2. The highest BCUT2D eigenvalue weighted by molar-refractivity contribution is 7.80. The summed E-state index contributed by atoms with van der Waals surface area (Å²) in [4.78, 5) is 118. The van der Waals surface area contributed by atoms with Gasteiger partial charge in [0.25, 0.3) is 0 Å². The van der Waals surface area contributed by atoms with E-state index < -0.39 is 79.0 Å². The summed E-state index contributed by atoms with van der Waals surface area (Å²) in [5.41, 5.74) is 6.26. The van der Waals surface area contributed by atoms with E-state index in [-0.39, 0.29) is 56.8 Å². The fourth-order valence-electron chi connectivity index (χ4n) is 7.08. The van der Waals surface area contributed by atoms with Crippen LogP contribution in [0.3, 0.4) is 0 Å². The zero-order chi connectivity index (χ0) is 56.4. The molecule has 0 spiro atoms. The maximum absolute atomic E-state index is 13.9. The molecule has 0 unspecified atom stereocenters. The summed E-state index contributed by atoms with van der Waals surface area (Å²) in [5, 5.41) is 28.1. The van der Waals surface area contributed by atoms with Gasteiger partial charge < -0.3 is 67.2 Å². The van der Waals surface area contributed by atoms with Crippen LogP contribution in [0.5, 0.6) is 0 Å². The van der Waals surface area contributed by atoms with Crippen molar-refractivity contribution in [1.82, 2.24) is 41.5 Å². The van der Waals surface area contributed by atoms with Crippen molar-refractivity contribution in [2.75, 3.05) is 44.8 Å². The fourth-order valence-corrected chi connectivity index (χ4v) is 8.24. The minimum absolute atomic E-state index is 0.0292. The number of benzene rings is 1. The Kier molecular flexibility index (Phi) is 34.9. The maximum atomic E-state index is 13.9. The molecular weight excluding hydrogens is 996 g/mol. The van der Waals surface area contributed by atoms with Gasteiger partial charge in [-0.25, -0.2) is 4.98 Å². The monoisotopic (exact) mass is 1080 g/mol. The SMILES string of the molecule is C=N.CC(C)CCNC(=O)CCS.CC(C)C[C@H](NC(=O)CN(CCCCCCc1ccccc1)C(=O)CCOC(C)(C)CO)C(=O)N[C@@H](Cc1cnc[nH]1)C(=O)N[C@@H](C)C(=O)N[C@H](C(N)=O)[C@@H](C)CP(=O)(O)O. The van der Waals surface area contributed by atoms with E-state index in [4.69, 9.17) is 15.9 Å². The molecule has 1 aromatic carbocycles. The van der Waals surface area contributed by atoms with Crippen LogP contribution >= 0.6 is 20.2 Å². The lowest BCUT2D eigenvalue weighted by molar-refractivity contribution is -0.139. The van der Waals surface area contributed by atoms with Crippen molar-refractivity contribution in [3.8, 4) is 0 Å². The molecule has 0 bridgehead atoms. The molecule has 5 atom stereocenters. The number of amides is 7. The highest BCUT2D eigenvalue weighted by Crippen LogP contribution is 2.37. The smallest absolute Gasteiger partial charge is 0.325 e. The molecule has 0 aliphatic heterocycles. The van der Waals surface area contributed by atoms with Crippen molar-refractivity contribution in [2.45, 2.75) is 149 Å². The van der Waals surface area contributed by atoms with Crippen molar-refractivity contribution in [2.24, 2.45) is 23.5 Å². The van der Waals surface area contributed by atoms with E-state index in [0.29, 0.717) is 36.8 Å². The van der Waals surface area contributed by atoms with Crippen LogP contribution in [0.4, 0.5) is 0 Å². The number of aliphatic hydroxyl groups is 1. The number of unbranched alkanes of at least 4 members (excludes halogenated alkanes) is 3. The third kappa shape index (κ3) is 32.2. The average Bonchev–Trinajstić information content (AvgIpc) is 3.84. The Balaban J connectivity index is 0.00000361. The van der Waals surface area contributed by atoms with Gasteiger partial charge in [-0.05, 0) is 88.7 Å². The maximum Gasteiger partial charge on any atom is 0.325 e. The third-order valence-corrected chi connectivity index (χ3v) is 12.4. The predicted molar refractivity (Wildman–Crippen MR) is 288 cm³/mol. The number of nitrogens with one attached hydrogen (secondary N) is 7. The summed E-state index contributed by atoms with van der Waals surface area (Å²) in [7, 11) is -4.56. The van der Waals surface area contributed by atoms with Crippen LogP contribution in [0, 0.1) is 23.2 Å². The lowest BCUT2D eigenvalue weighted by Gasteiger charge is -2.28. The molecule has 420 valence electrons. The Bertz CT molecular complexity index is 2010. The van der Waals surface area contributed by atoms with Gasteiger partial charge >= 0.3 is 7.60 Å². The molecular formula is C50H87N10O12PS. The number of aromatic amines is 1. The first-order valence-corrected chi connectivity index (χ1v) is 27.5. The minimum Gasteiger partial charge on any atom is -0.393 e. The number of thiol groups is 1. The van der Waals surface area contributed by atoms with Gasteiger partial charge in [0, 0.05) is 37.8 Å². The van der Waals surface area contributed by atoms with Crippen LogP contribution in [0.25, 0.3) is 0 Å². The number of hydrogen-bond donors (Lipinski definition) is 12. The lowest BCUT2D eigenvalue weighted by atomic mass is 10.0. The van der Waals surface area contributed by atoms with E-state index >= 15 is 0 Å². The first kappa shape index (κ1) is 68.8. The van der Waals surface area contributed by atoms with Crippen molar-refractivity contribution in [3.05, 3.63) is 54.1 Å². The summed E-state index contributed by atoms with van der Waals surface area (Å²) >= 11 is 3.96. The largest absolute Gasteiger partial charge is 0.393 e. The van der Waals surface area contributed by atoms with Crippen LogP contribution in [0.2, 0.25) is 0 Å². The van der Waals surface area contributed by atoms with E-state index in [9.17, 15) is 53.0 Å². The molecule has 74 heavy (non-hydrogen) atoms. The number of nitrogens with zero attached hydrogens (tertiary/aromatic N) is 2. The Morgan fingerprint density at radius 3 is 2.05 bits per heavy atom. The van der Waals surface area contributed by atoms with Crippen LogP contribution < -0.4 is 32.3 Å². The standard InChI is InChI=1S/C41H67N8O11P.C8H17NOS.CH3N/c1-27(2)20-32(46-34(51)23-49(35(52)17-19-60-41(5,6)25-50)18-13-8-7-10-14-30-15-11-9-12-16-30)40(56)47-33(21-31-22-43-26-44-31)39(55)45-29(4)38(54)48-36(37(42)53)28(3)24-61(57,58)59;1-7(2)3-5-9-8(10)4-6-11;1-2/h9,11-12,15-16,22,26-29,32-33,36,50H,7-8,10,13-14,17-21,23-25H2,1-6H3,(H2,42,53)(H,43,44)(H,45,55)(H,46,51)(H,47,56)(H,48,54)(H2,57,58,59);7,11H,3-6H2,1-2H3,(H,9,10);2H,1H2/t28-,29-,32-,33-,36-;;/m0../s1. The summed E-state index contributed by atoms with van der Waals surface area (Å²) in [6.45, 7) is 17.1. The van der Waals surface area contributed by atoms with Crippen molar-refractivity contribution < 1.29 is 57.8 Å². The van der Waals surface area contributed by atoms with E-state index in [1.807, 2.05) is 32.0 Å². The lowest BCUT2D eigenvalue weighted by Crippen LogP contribution is -2.59. The predicted octanol–water partition coefficient (Wildman–Crippen LogP) is 2.80. The number of imidazole rings is 1. The number of nitrogens with two attached hydrogens (primary N) is 1. The molecule has 2 rings (SSSR count). The molecule has 0 saturated carbocycles. The molecule has 0 radical (unpaired) electrons. The van der Waals surface area contributed by atoms with Gasteiger partial charge in [-0.15, -0.1) is 0 Å². The molecule has 1 heterocycles. The number of carbonyl (C=O) groups excluding carboxylic acids is 7. The molecule has 2 aromatic rings. The fraction of sp³-hybridized carbons (Fsp3) is 0.660. The molecule has 24 heteroatoms. The van der Waals surface area contributed by atoms with Gasteiger partial charge in [0.05, 0.1) is 44.3 Å². The molecule has 0 aliphatic rings. The number of primary amides is 1. The molecule has 1 aromatic heterocycles. The number of aryl methyl sites for hydroxylation is 1. The van der Waals surface area contributed by atoms with Crippen molar-refractivity contribution >= 4 is 68.3 Å². The normalized spacial score (nSPS) is 13.3. The zero-order valence-electron chi connectivity index (χ0n) is 44.7. The first-order chi connectivity index (χ1) is 34.8. The second-order valence-electron chi connectivity index (χ2n) is 19.5. The number of ether oxygens (including phenoxy) is 1. The number of rotatable bonds is 34. The van der Waals surface area contributed by atoms with E-state index in [1.54, 1.807) is 13.8 Å².